The van der Waals surface area contributed by atoms with E-state index in [1.54, 1.807) is 6.20 Å². The molecule has 0 aliphatic carbocycles. The molecular formula is C15H11BClN3. The number of hydrogen-bond donors (Lipinski definition) is 1. The Hall–Kier alpha value is -2.07. The Kier molecular flexibility index (Phi) is 3.57. The molecule has 2 radical (unpaired) electrons. The van der Waals surface area contributed by atoms with E-state index in [-0.39, 0.29) is 0 Å². The molecule has 96 valence electrons. The van der Waals surface area contributed by atoms with Crippen molar-refractivity contribution in [3.63, 3.8) is 0 Å². The van der Waals surface area contributed by atoms with Crippen LogP contribution in [-0.4, -0.2) is 17.8 Å². The molecule has 1 N–H and O–H groups in total. The molecule has 0 amide bonds. The predicted molar refractivity (Wildman–Crippen MR) is 83.7 cm³/mol. The van der Waals surface area contributed by atoms with Crippen LogP contribution in [0.3, 0.4) is 0 Å². The SMILES string of the molecule is [B]c1ccc2nc(NCc3cccc(Cl)c3)cnc2c1. The van der Waals surface area contributed by atoms with Gasteiger partial charge in [0.05, 0.1) is 17.2 Å². The van der Waals surface area contributed by atoms with Crippen LogP contribution >= 0.6 is 11.6 Å². The molecule has 0 atom stereocenters. The molecule has 5 heteroatoms. The van der Waals surface area contributed by atoms with E-state index in [0.29, 0.717) is 12.0 Å². The van der Waals surface area contributed by atoms with Crippen molar-refractivity contribution in [3.05, 3.63) is 59.2 Å². The van der Waals surface area contributed by atoms with E-state index in [1.165, 1.54) is 0 Å². The standard InChI is InChI=1S/C15H11BClN3/c16-11-4-5-13-14(7-11)18-9-15(20-13)19-8-10-2-1-3-12(17)6-10/h1-7,9H,8H2,(H,19,20). The summed E-state index contributed by atoms with van der Waals surface area (Å²) < 4.78 is 0. The third-order valence-corrected chi connectivity index (χ3v) is 3.16. The summed E-state index contributed by atoms with van der Waals surface area (Å²) in [6, 6.07) is 13.2. The van der Waals surface area contributed by atoms with Crippen LogP contribution in [0.25, 0.3) is 11.0 Å². The Labute approximate surface area is 123 Å². The minimum Gasteiger partial charge on any atom is -0.365 e. The smallest absolute Gasteiger partial charge is 0.145 e. The highest BCUT2D eigenvalue weighted by Gasteiger charge is 2.00. The number of hydrogen-bond acceptors (Lipinski definition) is 3. The fourth-order valence-electron chi connectivity index (χ4n) is 1.95. The van der Waals surface area contributed by atoms with E-state index in [1.807, 2.05) is 42.5 Å². The molecule has 1 aromatic heterocycles. The van der Waals surface area contributed by atoms with Gasteiger partial charge in [-0.25, -0.2) is 4.98 Å². The maximum atomic E-state index is 5.95. The summed E-state index contributed by atoms with van der Waals surface area (Å²) in [4.78, 5) is 8.83. The summed E-state index contributed by atoms with van der Waals surface area (Å²) >= 11 is 5.95. The fourth-order valence-corrected chi connectivity index (χ4v) is 2.17. The largest absolute Gasteiger partial charge is 0.365 e. The first-order chi connectivity index (χ1) is 9.70. The van der Waals surface area contributed by atoms with Gasteiger partial charge in [0.1, 0.15) is 13.7 Å². The summed E-state index contributed by atoms with van der Waals surface area (Å²) in [6.07, 6.45) is 1.70. The van der Waals surface area contributed by atoms with E-state index >= 15 is 0 Å². The van der Waals surface area contributed by atoms with Gasteiger partial charge in [-0.15, -0.1) is 0 Å². The lowest BCUT2D eigenvalue weighted by Gasteiger charge is -2.07. The van der Waals surface area contributed by atoms with E-state index in [0.717, 1.165) is 27.4 Å². The Morgan fingerprint density at radius 1 is 1.10 bits per heavy atom. The highest BCUT2D eigenvalue weighted by molar-refractivity contribution is 6.33. The average Bonchev–Trinajstić information content (AvgIpc) is 2.45. The van der Waals surface area contributed by atoms with Crippen LogP contribution in [0.15, 0.2) is 48.7 Å². The van der Waals surface area contributed by atoms with Gasteiger partial charge in [0, 0.05) is 11.6 Å². The van der Waals surface area contributed by atoms with Crippen LogP contribution in [0.5, 0.6) is 0 Å². The summed E-state index contributed by atoms with van der Waals surface area (Å²) in [6.45, 7) is 0.649. The zero-order valence-corrected chi connectivity index (χ0v) is 11.4. The lowest BCUT2D eigenvalue weighted by molar-refractivity contribution is 1.11. The number of nitrogens with zero attached hydrogens (tertiary/aromatic N) is 2. The van der Waals surface area contributed by atoms with Crippen molar-refractivity contribution in [2.45, 2.75) is 6.54 Å². The second-order valence-corrected chi connectivity index (χ2v) is 4.92. The Morgan fingerprint density at radius 2 is 2.00 bits per heavy atom. The summed E-state index contributed by atoms with van der Waals surface area (Å²) in [5.74, 6) is 0.724. The second-order valence-electron chi connectivity index (χ2n) is 4.49. The molecule has 20 heavy (non-hydrogen) atoms. The zero-order chi connectivity index (χ0) is 13.9. The first-order valence-corrected chi connectivity index (χ1v) is 6.59. The van der Waals surface area contributed by atoms with E-state index in [2.05, 4.69) is 15.3 Å². The molecule has 1 heterocycles. The van der Waals surface area contributed by atoms with Gasteiger partial charge in [-0.1, -0.05) is 35.3 Å². The van der Waals surface area contributed by atoms with Crippen molar-refractivity contribution in [3.8, 4) is 0 Å². The van der Waals surface area contributed by atoms with Gasteiger partial charge in [-0.05, 0) is 29.8 Å². The van der Waals surface area contributed by atoms with Crippen molar-refractivity contribution < 1.29 is 0 Å². The Balaban J connectivity index is 1.79. The van der Waals surface area contributed by atoms with Gasteiger partial charge in [-0.3, -0.25) is 4.98 Å². The summed E-state index contributed by atoms with van der Waals surface area (Å²) in [5.41, 5.74) is 3.39. The topological polar surface area (TPSA) is 37.8 Å². The van der Waals surface area contributed by atoms with Gasteiger partial charge >= 0.3 is 0 Å². The number of aromatic nitrogens is 2. The fraction of sp³-hybridized carbons (Fsp3) is 0.0667. The van der Waals surface area contributed by atoms with Gasteiger partial charge in [0.2, 0.25) is 0 Å². The van der Waals surface area contributed by atoms with E-state index in [4.69, 9.17) is 19.4 Å². The number of nitrogens with one attached hydrogen (secondary N) is 1. The molecule has 0 bridgehead atoms. The Morgan fingerprint density at radius 3 is 2.85 bits per heavy atom. The zero-order valence-electron chi connectivity index (χ0n) is 10.7. The molecule has 0 saturated heterocycles. The average molecular weight is 280 g/mol. The van der Waals surface area contributed by atoms with E-state index < -0.39 is 0 Å². The molecule has 2 aromatic carbocycles. The number of halogens is 1. The molecule has 0 fully saturated rings. The molecule has 0 aliphatic heterocycles. The first-order valence-electron chi connectivity index (χ1n) is 6.21. The van der Waals surface area contributed by atoms with Crippen LogP contribution in [0.4, 0.5) is 5.82 Å². The first kappa shape index (κ1) is 12.9. The third-order valence-electron chi connectivity index (χ3n) is 2.93. The molecule has 0 spiro atoms. The Bertz CT molecular complexity index is 761. The summed E-state index contributed by atoms with van der Waals surface area (Å²) in [7, 11) is 5.71. The second kappa shape index (κ2) is 5.51. The quantitative estimate of drug-likeness (QED) is 0.749. The van der Waals surface area contributed by atoms with Crippen molar-refractivity contribution in [2.75, 3.05) is 5.32 Å². The van der Waals surface area contributed by atoms with Crippen LogP contribution in [0.2, 0.25) is 5.02 Å². The van der Waals surface area contributed by atoms with Crippen molar-refractivity contribution >= 4 is 41.8 Å². The maximum absolute atomic E-state index is 5.95. The number of fused-ring (bicyclic) bond motifs is 1. The monoisotopic (exact) mass is 279 g/mol. The molecule has 0 saturated carbocycles. The van der Waals surface area contributed by atoms with Crippen LogP contribution in [0.1, 0.15) is 5.56 Å². The van der Waals surface area contributed by atoms with Gasteiger partial charge in [-0.2, -0.15) is 0 Å². The minimum absolute atomic E-state index is 0.649. The van der Waals surface area contributed by atoms with Gasteiger partial charge in [0.25, 0.3) is 0 Å². The van der Waals surface area contributed by atoms with Gasteiger partial charge in [0.15, 0.2) is 0 Å². The van der Waals surface area contributed by atoms with Crippen molar-refractivity contribution in [1.29, 1.82) is 0 Å². The maximum Gasteiger partial charge on any atom is 0.145 e. The van der Waals surface area contributed by atoms with Crippen LogP contribution in [-0.2, 0) is 6.54 Å². The van der Waals surface area contributed by atoms with Crippen LogP contribution < -0.4 is 10.8 Å². The van der Waals surface area contributed by atoms with Crippen LogP contribution in [0, 0.1) is 0 Å². The van der Waals surface area contributed by atoms with E-state index in [9.17, 15) is 0 Å². The third kappa shape index (κ3) is 2.91. The molecule has 0 aliphatic rings. The molecule has 3 nitrogen and oxygen atoms in total. The minimum atomic E-state index is 0.649. The number of benzene rings is 2. The summed E-state index contributed by atoms with van der Waals surface area (Å²) in [5, 5.41) is 3.96. The molecular weight excluding hydrogens is 268 g/mol. The van der Waals surface area contributed by atoms with Gasteiger partial charge < -0.3 is 5.32 Å². The number of rotatable bonds is 3. The molecule has 3 aromatic rings. The van der Waals surface area contributed by atoms with Crippen molar-refractivity contribution in [1.82, 2.24) is 9.97 Å². The predicted octanol–water partition coefficient (Wildman–Crippen LogP) is 2.69. The van der Waals surface area contributed by atoms with Crippen molar-refractivity contribution in [2.24, 2.45) is 0 Å². The highest BCUT2D eigenvalue weighted by atomic mass is 35.5. The molecule has 3 rings (SSSR count). The molecule has 0 unspecified atom stereocenters. The lowest BCUT2D eigenvalue weighted by atomic mass is 9.96. The lowest BCUT2D eigenvalue weighted by Crippen LogP contribution is -2.04. The number of anilines is 1. The highest BCUT2D eigenvalue weighted by Crippen LogP contribution is 2.14. The normalized spacial score (nSPS) is 10.7.